The fourth-order valence-corrected chi connectivity index (χ4v) is 3.38. The lowest BCUT2D eigenvalue weighted by atomic mass is 10.1. The number of benzene rings is 1. The molecular formula is C12H11FN2O3S. The Morgan fingerprint density at radius 1 is 1.42 bits per heavy atom. The molecule has 0 atom stereocenters. The molecule has 1 fully saturated rings. The van der Waals surface area contributed by atoms with Crippen molar-refractivity contribution >= 4 is 15.9 Å². The third kappa shape index (κ3) is 1.79. The monoisotopic (exact) mass is 282 g/mol. The predicted molar refractivity (Wildman–Crippen MR) is 64.7 cm³/mol. The van der Waals surface area contributed by atoms with Crippen LogP contribution in [0.1, 0.15) is 25.0 Å². The zero-order valence-electron chi connectivity index (χ0n) is 10.3. The molecule has 0 aliphatic carbocycles. The molecule has 0 saturated carbocycles. The summed E-state index contributed by atoms with van der Waals surface area (Å²) in [5.74, 6) is -1.14. The molecule has 0 aromatic heterocycles. The van der Waals surface area contributed by atoms with E-state index in [0.29, 0.717) is 4.31 Å². The third-order valence-electron chi connectivity index (χ3n) is 3.18. The number of hydrogen-bond acceptors (Lipinski definition) is 4. The molecule has 1 aromatic carbocycles. The number of nitrogens with zero attached hydrogens (tertiary/aromatic N) is 2. The van der Waals surface area contributed by atoms with Crippen molar-refractivity contribution in [2.45, 2.75) is 25.1 Å². The van der Waals surface area contributed by atoms with Crippen molar-refractivity contribution in [3.05, 3.63) is 35.1 Å². The normalized spacial score (nSPS) is 19.7. The number of rotatable bonds is 2. The molecule has 1 aliphatic rings. The molecule has 19 heavy (non-hydrogen) atoms. The number of amides is 1. The van der Waals surface area contributed by atoms with Crippen LogP contribution < -0.4 is 0 Å². The van der Waals surface area contributed by atoms with E-state index in [9.17, 15) is 17.6 Å². The molecule has 0 N–H and O–H groups in total. The number of sulfonamides is 1. The Balaban J connectivity index is 2.37. The number of hydrogen-bond donors (Lipinski definition) is 0. The van der Waals surface area contributed by atoms with Gasteiger partial charge in [0.2, 0.25) is 0 Å². The minimum absolute atomic E-state index is 0.147. The summed E-state index contributed by atoms with van der Waals surface area (Å²) < 4.78 is 36.2. The van der Waals surface area contributed by atoms with Crippen molar-refractivity contribution in [3.8, 4) is 6.07 Å². The van der Waals surface area contributed by atoms with Gasteiger partial charge < -0.3 is 0 Å². The van der Waals surface area contributed by atoms with E-state index in [1.165, 1.54) is 19.9 Å². The summed E-state index contributed by atoms with van der Waals surface area (Å²) in [4.78, 5) is 11.8. The maximum absolute atomic E-state index is 13.1. The first-order chi connectivity index (χ1) is 8.71. The van der Waals surface area contributed by atoms with Crippen molar-refractivity contribution in [2.75, 3.05) is 0 Å². The van der Waals surface area contributed by atoms with Crippen molar-refractivity contribution in [3.63, 3.8) is 0 Å². The van der Waals surface area contributed by atoms with E-state index in [1.54, 1.807) is 0 Å². The summed E-state index contributed by atoms with van der Waals surface area (Å²) in [6.07, 6.45) is 0. The van der Waals surface area contributed by atoms with Crippen LogP contribution in [0, 0.1) is 17.1 Å². The Labute approximate surface area is 110 Å². The number of carbonyl (C=O) groups excluding carboxylic acids is 1. The highest BCUT2D eigenvalue weighted by molar-refractivity contribution is 7.94. The molecule has 1 amide bonds. The number of carbonyl (C=O) groups is 1. The predicted octanol–water partition coefficient (Wildman–Crippen LogP) is 1.15. The minimum atomic E-state index is -3.73. The first-order valence-electron chi connectivity index (χ1n) is 5.47. The van der Waals surface area contributed by atoms with Gasteiger partial charge in [-0.25, -0.2) is 17.1 Å². The van der Waals surface area contributed by atoms with Gasteiger partial charge >= 0.3 is 0 Å². The van der Waals surface area contributed by atoms with Gasteiger partial charge in [0.05, 0.1) is 18.2 Å². The molecular weight excluding hydrogens is 271 g/mol. The summed E-state index contributed by atoms with van der Waals surface area (Å²) in [6.45, 7) is 2.32. The Morgan fingerprint density at radius 2 is 2.05 bits per heavy atom. The first-order valence-corrected chi connectivity index (χ1v) is 6.91. The van der Waals surface area contributed by atoms with E-state index in [1.807, 2.05) is 6.07 Å². The SMILES string of the molecule is CC1(C)C(=O)N(Cc2cc(F)ccc2C#N)S1(=O)=O. The molecule has 1 aromatic rings. The lowest BCUT2D eigenvalue weighted by molar-refractivity contribution is -0.132. The van der Waals surface area contributed by atoms with Crippen LogP contribution in [0.3, 0.4) is 0 Å². The maximum atomic E-state index is 13.1. The quantitative estimate of drug-likeness (QED) is 0.815. The standard InChI is InChI=1S/C12H11FN2O3S/c1-12(2)11(16)15(19(12,17)18)7-9-5-10(13)4-3-8(9)6-14/h3-5H,7H2,1-2H3. The van der Waals surface area contributed by atoms with E-state index in [4.69, 9.17) is 5.26 Å². The highest BCUT2D eigenvalue weighted by atomic mass is 32.2. The topological polar surface area (TPSA) is 78.2 Å². The molecule has 1 heterocycles. The zero-order chi connectivity index (χ0) is 14.4. The van der Waals surface area contributed by atoms with E-state index in [-0.39, 0.29) is 17.7 Å². The number of halogens is 1. The Morgan fingerprint density at radius 3 is 2.58 bits per heavy atom. The lowest BCUT2D eigenvalue weighted by Crippen LogP contribution is -2.66. The van der Waals surface area contributed by atoms with Gasteiger partial charge in [-0.2, -0.15) is 5.26 Å². The van der Waals surface area contributed by atoms with Gasteiger partial charge in [-0.3, -0.25) is 4.79 Å². The summed E-state index contributed by atoms with van der Waals surface area (Å²) >= 11 is 0. The molecule has 1 saturated heterocycles. The van der Waals surface area contributed by atoms with Crippen LogP contribution in [0.4, 0.5) is 4.39 Å². The van der Waals surface area contributed by atoms with Gasteiger partial charge in [0.1, 0.15) is 5.82 Å². The third-order valence-corrected chi connectivity index (χ3v) is 5.52. The van der Waals surface area contributed by atoms with Gasteiger partial charge in [-0.05, 0) is 37.6 Å². The molecule has 0 bridgehead atoms. The van der Waals surface area contributed by atoms with Crippen LogP contribution in [0.25, 0.3) is 0 Å². The average molecular weight is 282 g/mol. The number of nitriles is 1. The van der Waals surface area contributed by atoms with E-state index in [0.717, 1.165) is 12.1 Å². The molecule has 5 nitrogen and oxygen atoms in total. The van der Waals surface area contributed by atoms with Crippen LogP contribution in [-0.2, 0) is 21.4 Å². The highest BCUT2D eigenvalue weighted by Crippen LogP contribution is 2.36. The Kier molecular flexibility index (Phi) is 2.86. The second-order valence-corrected chi connectivity index (χ2v) is 7.15. The fraction of sp³-hybridized carbons (Fsp3) is 0.333. The van der Waals surface area contributed by atoms with Gasteiger partial charge in [0.25, 0.3) is 15.9 Å². The van der Waals surface area contributed by atoms with Crippen LogP contribution in [0.2, 0.25) is 0 Å². The Bertz CT molecular complexity index is 704. The smallest absolute Gasteiger partial charge is 0.259 e. The van der Waals surface area contributed by atoms with Crippen LogP contribution in [-0.4, -0.2) is 23.4 Å². The maximum Gasteiger partial charge on any atom is 0.259 e. The van der Waals surface area contributed by atoms with Gasteiger partial charge in [0.15, 0.2) is 4.75 Å². The van der Waals surface area contributed by atoms with E-state index < -0.39 is 26.5 Å². The van der Waals surface area contributed by atoms with Crippen molar-refractivity contribution in [1.29, 1.82) is 5.26 Å². The Hall–Kier alpha value is -1.94. The van der Waals surface area contributed by atoms with Crippen LogP contribution in [0.15, 0.2) is 18.2 Å². The lowest BCUT2D eigenvalue weighted by Gasteiger charge is -2.43. The summed E-state index contributed by atoms with van der Waals surface area (Å²) in [5.41, 5.74) is 0.323. The van der Waals surface area contributed by atoms with Crippen LogP contribution in [0.5, 0.6) is 0 Å². The van der Waals surface area contributed by atoms with E-state index >= 15 is 0 Å². The largest absolute Gasteiger partial charge is 0.272 e. The van der Waals surface area contributed by atoms with Gasteiger partial charge in [-0.1, -0.05) is 0 Å². The zero-order valence-corrected chi connectivity index (χ0v) is 11.2. The second kappa shape index (κ2) is 4.03. The summed E-state index contributed by atoms with van der Waals surface area (Å²) in [6, 6.07) is 5.27. The summed E-state index contributed by atoms with van der Waals surface area (Å²) in [7, 11) is -3.73. The minimum Gasteiger partial charge on any atom is -0.272 e. The van der Waals surface area contributed by atoms with Crippen molar-refractivity contribution < 1.29 is 17.6 Å². The molecule has 0 radical (unpaired) electrons. The first kappa shape index (κ1) is 13.5. The molecule has 100 valence electrons. The van der Waals surface area contributed by atoms with E-state index in [2.05, 4.69) is 0 Å². The molecule has 2 rings (SSSR count). The molecule has 0 unspecified atom stereocenters. The van der Waals surface area contributed by atoms with Crippen LogP contribution >= 0.6 is 0 Å². The molecule has 7 heteroatoms. The summed E-state index contributed by atoms with van der Waals surface area (Å²) in [5, 5.41) is 8.89. The molecule has 0 spiro atoms. The van der Waals surface area contributed by atoms with Gasteiger partial charge in [0, 0.05) is 0 Å². The molecule has 1 aliphatic heterocycles. The highest BCUT2D eigenvalue weighted by Gasteiger charge is 2.59. The van der Waals surface area contributed by atoms with Gasteiger partial charge in [-0.15, -0.1) is 0 Å². The van der Waals surface area contributed by atoms with Crippen molar-refractivity contribution in [2.24, 2.45) is 0 Å². The van der Waals surface area contributed by atoms with Crippen molar-refractivity contribution in [1.82, 2.24) is 4.31 Å². The average Bonchev–Trinajstić information content (AvgIpc) is 2.35. The fourth-order valence-electron chi connectivity index (χ4n) is 1.87. The second-order valence-electron chi connectivity index (χ2n) is 4.74.